The standard InChI is InChI=1S/C21H29ClN2O2/c1-15-13-16(22)3-8-19(15)23-11-2-9-21(14-23)10-12-24(20(21)26)17-4-6-18(25)7-5-17/h3,8,13,17-18,25H,2,4-7,9-12,14H2,1H3. The van der Waals surface area contributed by atoms with Crippen LogP contribution >= 0.6 is 11.6 Å². The first kappa shape index (κ1) is 18.1. The van der Waals surface area contributed by atoms with Crippen molar-refractivity contribution in [1.29, 1.82) is 0 Å². The summed E-state index contributed by atoms with van der Waals surface area (Å²) in [5.41, 5.74) is 2.17. The minimum atomic E-state index is -0.222. The van der Waals surface area contributed by atoms with Crippen molar-refractivity contribution in [2.75, 3.05) is 24.5 Å². The number of carbonyl (C=O) groups is 1. The highest BCUT2D eigenvalue weighted by Crippen LogP contribution is 2.44. The van der Waals surface area contributed by atoms with Gasteiger partial charge in [-0.1, -0.05) is 11.6 Å². The zero-order valence-corrected chi connectivity index (χ0v) is 16.3. The number of hydrogen-bond acceptors (Lipinski definition) is 3. The fourth-order valence-electron chi connectivity index (χ4n) is 5.26. The van der Waals surface area contributed by atoms with Gasteiger partial charge < -0.3 is 14.9 Å². The molecular formula is C21H29ClN2O2. The molecule has 1 N–H and O–H groups in total. The maximum absolute atomic E-state index is 13.4. The van der Waals surface area contributed by atoms with Crippen LogP contribution in [0.1, 0.15) is 50.5 Å². The third kappa shape index (κ3) is 3.22. The molecule has 2 heterocycles. The number of aliphatic hydroxyl groups is 1. The third-order valence-corrected chi connectivity index (χ3v) is 6.96. The zero-order valence-electron chi connectivity index (χ0n) is 15.6. The van der Waals surface area contributed by atoms with E-state index < -0.39 is 0 Å². The molecule has 26 heavy (non-hydrogen) atoms. The number of halogens is 1. The summed E-state index contributed by atoms with van der Waals surface area (Å²) in [4.78, 5) is 17.9. The number of amides is 1. The number of likely N-dealkylation sites (tertiary alicyclic amines) is 1. The predicted octanol–water partition coefficient (Wildman–Crippen LogP) is 3.77. The highest BCUT2D eigenvalue weighted by atomic mass is 35.5. The van der Waals surface area contributed by atoms with E-state index in [1.807, 2.05) is 12.1 Å². The Hall–Kier alpha value is -1.26. The Morgan fingerprint density at radius 1 is 1.15 bits per heavy atom. The van der Waals surface area contributed by atoms with Crippen molar-refractivity contribution in [2.45, 2.75) is 64.0 Å². The van der Waals surface area contributed by atoms with Crippen LogP contribution in [-0.4, -0.2) is 47.7 Å². The van der Waals surface area contributed by atoms with Crippen molar-refractivity contribution in [2.24, 2.45) is 5.41 Å². The molecule has 4 nitrogen and oxygen atoms in total. The summed E-state index contributed by atoms with van der Waals surface area (Å²) in [6.07, 6.45) is 6.41. The monoisotopic (exact) mass is 376 g/mol. The highest BCUT2D eigenvalue weighted by Gasteiger charge is 2.50. The largest absolute Gasteiger partial charge is 0.393 e. The fourth-order valence-corrected chi connectivity index (χ4v) is 5.48. The number of hydrogen-bond donors (Lipinski definition) is 1. The average molecular weight is 377 g/mol. The topological polar surface area (TPSA) is 43.8 Å². The molecule has 142 valence electrons. The Balaban J connectivity index is 1.50. The van der Waals surface area contributed by atoms with E-state index >= 15 is 0 Å². The maximum Gasteiger partial charge on any atom is 0.230 e. The van der Waals surface area contributed by atoms with Gasteiger partial charge in [-0.25, -0.2) is 0 Å². The van der Waals surface area contributed by atoms with Crippen LogP contribution in [0, 0.1) is 12.3 Å². The van der Waals surface area contributed by atoms with E-state index in [2.05, 4.69) is 22.8 Å². The predicted molar refractivity (Wildman–Crippen MR) is 105 cm³/mol. The summed E-state index contributed by atoms with van der Waals surface area (Å²) in [6, 6.07) is 6.38. The van der Waals surface area contributed by atoms with Crippen molar-refractivity contribution >= 4 is 23.2 Å². The number of aliphatic hydroxyl groups excluding tert-OH is 1. The summed E-state index contributed by atoms with van der Waals surface area (Å²) in [7, 11) is 0. The molecule has 1 atom stereocenters. The molecule has 0 radical (unpaired) electrons. The Labute approximate surface area is 161 Å². The Morgan fingerprint density at radius 2 is 1.92 bits per heavy atom. The molecule has 5 heteroatoms. The van der Waals surface area contributed by atoms with Gasteiger partial charge in [0.1, 0.15) is 0 Å². The van der Waals surface area contributed by atoms with Crippen LogP contribution in [0.5, 0.6) is 0 Å². The number of carbonyl (C=O) groups excluding carboxylic acids is 1. The van der Waals surface area contributed by atoms with Crippen LogP contribution in [0.25, 0.3) is 0 Å². The van der Waals surface area contributed by atoms with E-state index in [-0.39, 0.29) is 11.5 Å². The van der Waals surface area contributed by atoms with Crippen molar-refractivity contribution in [1.82, 2.24) is 4.90 Å². The molecule has 2 aliphatic heterocycles. The fraction of sp³-hybridized carbons (Fsp3) is 0.667. The molecule has 1 saturated carbocycles. The second-order valence-corrected chi connectivity index (χ2v) is 8.88. The van der Waals surface area contributed by atoms with Crippen LogP contribution in [-0.2, 0) is 4.79 Å². The molecule has 3 fully saturated rings. The van der Waals surface area contributed by atoms with Gasteiger partial charge in [-0.2, -0.15) is 0 Å². The minimum absolute atomic E-state index is 0.170. The molecule has 1 aromatic rings. The van der Waals surface area contributed by atoms with Crippen molar-refractivity contribution in [3.05, 3.63) is 28.8 Å². The number of nitrogens with zero attached hydrogens (tertiary/aromatic N) is 2. The van der Waals surface area contributed by atoms with Gasteiger partial charge >= 0.3 is 0 Å². The summed E-state index contributed by atoms with van der Waals surface area (Å²) in [5, 5.41) is 10.5. The van der Waals surface area contributed by atoms with Crippen LogP contribution in [0.15, 0.2) is 18.2 Å². The Bertz CT molecular complexity index is 687. The molecule has 1 aliphatic carbocycles. The zero-order chi connectivity index (χ0) is 18.3. The molecule has 3 aliphatic rings. The lowest BCUT2D eigenvalue weighted by molar-refractivity contribution is -0.139. The number of benzene rings is 1. The number of rotatable bonds is 2. The first-order chi connectivity index (χ1) is 12.5. The van der Waals surface area contributed by atoms with Crippen LogP contribution in [0.2, 0.25) is 5.02 Å². The van der Waals surface area contributed by atoms with E-state index in [9.17, 15) is 9.90 Å². The maximum atomic E-state index is 13.4. The molecule has 2 saturated heterocycles. The highest BCUT2D eigenvalue weighted by molar-refractivity contribution is 6.30. The van der Waals surface area contributed by atoms with Gasteiger partial charge in [0.2, 0.25) is 5.91 Å². The van der Waals surface area contributed by atoms with E-state index in [0.29, 0.717) is 11.9 Å². The Kier molecular flexibility index (Phi) is 4.91. The van der Waals surface area contributed by atoms with Crippen LogP contribution in [0.4, 0.5) is 5.69 Å². The van der Waals surface area contributed by atoms with Gasteiger partial charge in [0.25, 0.3) is 0 Å². The Morgan fingerprint density at radius 3 is 2.65 bits per heavy atom. The second-order valence-electron chi connectivity index (χ2n) is 8.45. The molecule has 1 spiro atoms. The van der Waals surface area contributed by atoms with E-state index in [4.69, 9.17) is 11.6 Å². The number of anilines is 1. The van der Waals surface area contributed by atoms with Gasteiger partial charge in [0.05, 0.1) is 11.5 Å². The summed E-state index contributed by atoms with van der Waals surface area (Å²) < 4.78 is 0. The van der Waals surface area contributed by atoms with Gasteiger partial charge in [-0.15, -0.1) is 0 Å². The average Bonchev–Trinajstić information content (AvgIpc) is 2.92. The number of piperidine rings is 1. The third-order valence-electron chi connectivity index (χ3n) is 6.73. The number of aryl methyl sites for hydroxylation is 1. The van der Waals surface area contributed by atoms with Crippen molar-refractivity contribution in [3.8, 4) is 0 Å². The van der Waals surface area contributed by atoms with Gasteiger partial charge in [-0.05, 0) is 75.6 Å². The van der Waals surface area contributed by atoms with Crippen molar-refractivity contribution < 1.29 is 9.90 Å². The molecule has 1 amide bonds. The molecular weight excluding hydrogens is 348 g/mol. The van der Waals surface area contributed by atoms with E-state index in [0.717, 1.165) is 69.6 Å². The SMILES string of the molecule is Cc1cc(Cl)ccc1N1CCCC2(CCN(C3CCC(O)CC3)C2=O)C1. The molecule has 1 unspecified atom stereocenters. The minimum Gasteiger partial charge on any atom is -0.393 e. The van der Waals surface area contributed by atoms with Crippen LogP contribution < -0.4 is 4.90 Å². The lowest BCUT2D eigenvalue weighted by Crippen LogP contribution is -2.50. The van der Waals surface area contributed by atoms with Gasteiger partial charge in [-0.3, -0.25) is 4.79 Å². The molecule has 1 aromatic carbocycles. The lowest BCUT2D eigenvalue weighted by Gasteiger charge is -2.42. The molecule has 0 bridgehead atoms. The van der Waals surface area contributed by atoms with E-state index in [1.165, 1.54) is 11.3 Å². The van der Waals surface area contributed by atoms with Crippen molar-refractivity contribution in [3.63, 3.8) is 0 Å². The second kappa shape index (κ2) is 7.05. The first-order valence-corrected chi connectivity index (χ1v) is 10.4. The smallest absolute Gasteiger partial charge is 0.230 e. The lowest BCUT2D eigenvalue weighted by atomic mass is 9.78. The summed E-state index contributed by atoms with van der Waals surface area (Å²) in [5.74, 6) is 0.357. The van der Waals surface area contributed by atoms with E-state index in [1.54, 1.807) is 0 Å². The first-order valence-electron chi connectivity index (χ1n) is 9.99. The van der Waals surface area contributed by atoms with Gasteiger partial charge in [0, 0.05) is 36.4 Å². The van der Waals surface area contributed by atoms with Gasteiger partial charge in [0.15, 0.2) is 0 Å². The van der Waals surface area contributed by atoms with Crippen LogP contribution in [0.3, 0.4) is 0 Å². The normalized spacial score (nSPS) is 32.5. The quantitative estimate of drug-likeness (QED) is 0.854. The molecule has 4 rings (SSSR count). The summed E-state index contributed by atoms with van der Waals surface area (Å²) in [6.45, 7) is 4.80. The summed E-state index contributed by atoms with van der Waals surface area (Å²) >= 11 is 6.12. The molecule has 0 aromatic heterocycles.